The highest BCUT2D eigenvalue weighted by Crippen LogP contribution is 2.44. The summed E-state index contributed by atoms with van der Waals surface area (Å²) in [7, 11) is 0. The lowest BCUT2D eigenvalue weighted by atomic mass is 9.95. The molecule has 0 saturated carbocycles. The number of esters is 1. The second-order valence-electron chi connectivity index (χ2n) is 9.04. The quantitative estimate of drug-likeness (QED) is 0.116. The lowest BCUT2D eigenvalue weighted by Gasteiger charge is -2.23. The number of benzene rings is 2. The molecule has 0 aliphatic carbocycles. The van der Waals surface area contributed by atoms with Gasteiger partial charge in [-0.3, -0.25) is 14.5 Å². The number of hydrogen-bond acceptors (Lipinski definition) is 8. The first-order valence-electron chi connectivity index (χ1n) is 12.6. The van der Waals surface area contributed by atoms with Gasteiger partial charge in [0.15, 0.2) is 5.13 Å². The molecule has 1 aliphatic rings. The molecule has 1 fully saturated rings. The van der Waals surface area contributed by atoms with Crippen LogP contribution in [0, 0.1) is 19.7 Å². The van der Waals surface area contributed by atoms with E-state index in [4.69, 9.17) is 9.47 Å². The van der Waals surface area contributed by atoms with Gasteiger partial charge in [0.05, 0.1) is 30.5 Å². The number of carbonyl (C=O) groups excluding carboxylic acids is 3. The number of thiazole rings is 1. The Labute approximate surface area is 229 Å². The molecule has 0 radical (unpaired) electrons. The van der Waals surface area contributed by atoms with Crippen molar-refractivity contribution < 1.29 is 33.4 Å². The number of halogens is 1. The van der Waals surface area contributed by atoms with Crippen LogP contribution in [0.25, 0.3) is 5.76 Å². The SMILES string of the molecule is CCCCOc1ccc(C2/C(=C(/O)c3ccc(C)c(F)c3)C(=O)C(=O)N2c2nc(C)c(C(=O)OCC)s2)cc1. The van der Waals surface area contributed by atoms with Crippen molar-refractivity contribution in [1.29, 1.82) is 0 Å². The summed E-state index contributed by atoms with van der Waals surface area (Å²) in [6, 6.07) is 9.82. The predicted molar refractivity (Wildman–Crippen MR) is 146 cm³/mol. The van der Waals surface area contributed by atoms with Gasteiger partial charge in [-0.25, -0.2) is 14.2 Å². The molecule has 1 aliphatic heterocycles. The van der Waals surface area contributed by atoms with Gasteiger partial charge in [-0.1, -0.05) is 48.9 Å². The standard InChI is InChI=1S/C29H29FN2O6S/c1-5-7-14-38-20-12-10-18(11-13-20)23-22(24(33)19-9-8-16(3)21(30)15-19)25(34)27(35)32(23)29-31-17(4)26(39-29)28(36)37-6-2/h8-13,15,23,33H,5-7,14H2,1-4H3/b24-22-. The lowest BCUT2D eigenvalue weighted by Crippen LogP contribution is -2.29. The van der Waals surface area contributed by atoms with Crippen LogP contribution >= 0.6 is 11.3 Å². The monoisotopic (exact) mass is 552 g/mol. The molecule has 10 heteroatoms. The number of amides is 1. The van der Waals surface area contributed by atoms with Gasteiger partial charge in [-0.05, 0) is 56.5 Å². The summed E-state index contributed by atoms with van der Waals surface area (Å²) in [6.07, 6.45) is 1.87. The lowest BCUT2D eigenvalue weighted by molar-refractivity contribution is -0.132. The Kier molecular flexibility index (Phi) is 8.44. The van der Waals surface area contributed by atoms with Crippen molar-refractivity contribution in [3.05, 3.63) is 81.1 Å². The number of ether oxygens (including phenoxy) is 2. The number of aromatic nitrogens is 1. The highest BCUT2D eigenvalue weighted by Gasteiger charge is 2.48. The number of aliphatic hydroxyl groups is 1. The molecule has 1 N–H and O–H groups in total. The van der Waals surface area contributed by atoms with Crippen LogP contribution in [0.3, 0.4) is 0 Å². The minimum Gasteiger partial charge on any atom is -0.507 e. The number of Topliss-reactive ketones (excluding diaryl/α,β-unsaturated/α-hetero) is 1. The second kappa shape index (κ2) is 11.8. The molecule has 2 heterocycles. The van der Waals surface area contributed by atoms with Crippen molar-refractivity contribution >= 4 is 39.9 Å². The minimum atomic E-state index is -1.08. The largest absolute Gasteiger partial charge is 0.507 e. The van der Waals surface area contributed by atoms with Crippen LogP contribution in [-0.4, -0.2) is 41.0 Å². The van der Waals surface area contributed by atoms with Crippen molar-refractivity contribution in [3.63, 3.8) is 0 Å². The molecule has 1 amide bonds. The zero-order valence-electron chi connectivity index (χ0n) is 22.1. The highest BCUT2D eigenvalue weighted by molar-refractivity contribution is 7.17. The minimum absolute atomic E-state index is 0.0585. The Balaban J connectivity index is 1.85. The second-order valence-corrected chi connectivity index (χ2v) is 10.0. The number of rotatable bonds is 9. The Bertz CT molecular complexity index is 1450. The van der Waals surface area contributed by atoms with Gasteiger partial charge in [-0.15, -0.1) is 0 Å². The van der Waals surface area contributed by atoms with E-state index in [2.05, 4.69) is 11.9 Å². The van der Waals surface area contributed by atoms with E-state index in [0.29, 0.717) is 29.2 Å². The first kappa shape index (κ1) is 28.0. The van der Waals surface area contributed by atoms with Crippen molar-refractivity contribution in [3.8, 4) is 5.75 Å². The van der Waals surface area contributed by atoms with E-state index in [1.807, 2.05) is 0 Å². The molecule has 4 rings (SSSR count). The van der Waals surface area contributed by atoms with Crippen LogP contribution < -0.4 is 9.64 Å². The molecule has 0 bridgehead atoms. The fourth-order valence-corrected chi connectivity index (χ4v) is 5.18. The maximum absolute atomic E-state index is 14.4. The third-order valence-corrected chi connectivity index (χ3v) is 7.44. The van der Waals surface area contributed by atoms with Crippen molar-refractivity contribution in [2.75, 3.05) is 18.1 Å². The number of unbranched alkanes of at least 4 members (excludes halogenated alkanes) is 1. The van der Waals surface area contributed by atoms with E-state index in [1.165, 1.54) is 12.1 Å². The van der Waals surface area contributed by atoms with Gasteiger partial charge in [0.1, 0.15) is 22.2 Å². The first-order valence-corrected chi connectivity index (χ1v) is 13.4. The van der Waals surface area contributed by atoms with Crippen molar-refractivity contribution in [1.82, 2.24) is 4.98 Å². The van der Waals surface area contributed by atoms with Crippen LogP contribution in [-0.2, 0) is 14.3 Å². The maximum atomic E-state index is 14.4. The number of hydrogen-bond donors (Lipinski definition) is 1. The number of aliphatic hydroxyl groups excluding tert-OH is 1. The Morgan fingerprint density at radius 2 is 1.85 bits per heavy atom. The van der Waals surface area contributed by atoms with Crippen molar-refractivity contribution in [2.45, 2.75) is 46.6 Å². The van der Waals surface area contributed by atoms with Gasteiger partial charge in [0.25, 0.3) is 5.78 Å². The third-order valence-electron chi connectivity index (χ3n) is 6.30. The smallest absolute Gasteiger partial charge is 0.350 e. The van der Waals surface area contributed by atoms with Gasteiger partial charge in [-0.2, -0.15) is 0 Å². The summed E-state index contributed by atoms with van der Waals surface area (Å²) in [5.41, 5.74) is 1.05. The van der Waals surface area contributed by atoms with Gasteiger partial charge in [0.2, 0.25) is 0 Å². The average Bonchev–Trinajstić information content (AvgIpc) is 3.42. The maximum Gasteiger partial charge on any atom is 0.350 e. The molecular weight excluding hydrogens is 523 g/mol. The summed E-state index contributed by atoms with van der Waals surface area (Å²) in [5, 5.41) is 11.3. The molecule has 3 aromatic rings. The van der Waals surface area contributed by atoms with Crippen LogP contribution in [0.15, 0.2) is 48.0 Å². The Morgan fingerprint density at radius 1 is 1.13 bits per heavy atom. The summed E-state index contributed by atoms with van der Waals surface area (Å²) in [4.78, 5) is 45.0. The molecule has 1 aromatic heterocycles. The topological polar surface area (TPSA) is 106 Å². The molecule has 8 nitrogen and oxygen atoms in total. The molecule has 1 atom stereocenters. The van der Waals surface area contributed by atoms with Crippen LogP contribution in [0.5, 0.6) is 5.75 Å². The molecule has 204 valence electrons. The number of anilines is 1. The molecule has 1 unspecified atom stereocenters. The van der Waals surface area contributed by atoms with Crippen molar-refractivity contribution in [2.24, 2.45) is 0 Å². The molecular formula is C29H29FN2O6S. The normalized spacial score (nSPS) is 16.5. The highest BCUT2D eigenvalue weighted by atomic mass is 32.1. The number of aryl methyl sites for hydroxylation is 2. The van der Waals surface area contributed by atoms with Crippen LogP contribution in [0.2, 0.25) is 0 Å². The summed E-state index contributed by atoms with van der Waals surface area (Å²) < 4.78 is 25.2. The zero-order chi connectivity index (χ0) is 28.3. The molecule has 1 saturated heterocycles. The van der Waals surface area contributed by atoms with E-state index in [1.54, 1.807) is 45.0 Å². The first-order chi connectivity index (χ1) is 18.7. The van der Waals surface area contributed by atoms with Gasteiger partial charge < -0.3 is 14.6 Å². The fraction of sp³-hybridized carbons (Fsp3) is 0.310. The summed E-state index contributed by atoms with van der Waals surface area (Å²) >= 11 is 0.918. The summed E-state index contributed by atoms with van der Waals surface area (Å²) in [6.45, 7) is 7.63. The fourth-order valence-electron chi connectivity index (χ4n) is 4.19. The Hall–Kier alpha value is -4.05. The van der Waals surface area contributed by atoms with Crippen LogP contribution in [0.4, 0.5) is 9.52 Å². The third kappa shape index (κ3) is 5.56. The molecule has 2 aromatic carbocycles. The van der Waals surface area contributed by atoms with E-state index >= 15 is 0 Å². The number of carbonyl (C=O) groups is 3. The number of ketones is 1. The summed E-state index contributed by atoms with van der Waals surface area (Å²) in [5.74, 6) is -2.93. The van der Waals surface area contributed by atoms with E-state index in [0.717, 1.165) is 35.1 Å². The molecule has 39 heavy (non-hydrogen) atoms. The molecule has 0 spiro atoms. The van der Waals surface area contributed by atoms with E-state index in [9.17, 15) is 23.9 Å². The number of nitrogens with zero attached hydrogens (tertiary/aromatic N) is 2. The van der Waals surface area contributed by atoms with E-state index in [-0.39, 0.29) is 27.8 Å². The van der Waals surface area contributed by atoms with E-state index < -0.39 is 35.3 Å². The zero-order valence-corrected chi connectivity index (χ0v) is 22.9. The van der Waals surface area contributed by atoms with Gasteiger partial charge >= 0.3 is 11.9 Å². The van der Waals surface area contributed by atoms with Crippen LogP contribution in [0.1, 0.15) is 64.8 Å². The average molecular weight is 553 g/mol. The predicted octanol–water partition coefficient (Wildman–Crippen LogP) is 5.88. The Morgan fingerprint density at radius 3 is 2.49 bits per heavy atom. The van der Waals surface area contributed by atoms with Gasteiger partial charge in [0, 0.05) is 5.56 Å².